The highest BCUT2D eigenvalue weighted by molar-refractivity contribution is 6.49. The molecule has 2 rings (SSSR count). The van der Waals surface area contributed by atoms with E-state index in [0.717, 1.165) is 16.7 Å². The fraction of sp³-hybridized carbons (Fsp3) is 0.0769. The summed E-state index contributed by atoms with van der Waals surface area (Å²) in [6.45, 7) is 0. The molecule has 2 aromatic carbocycles. The van der Waals surface area contributed by atoms with E-state index < -0.39 is 0 Å². The van der Waals surface area contributed by atoms with Gasteiger partial charge in [0.2, 0.25) is 0 Å². The Bertz CT molecular complexity index is 592. The van der Waals surface area contributed by atoms with E-state index in [1.165, 1.54) is 0 Å². The third-order valence-electron chi connectivity index (χ3n) is 2.51. The number of hydrogen-bond donors (Lipinski definition) is 0. The first-order valence-corrected chi connectivity index (χ1v) is 7.07. The van der Waals surface area contributed by atoms with Crippen LogP contribution >= 0.6 is 58.0 Å². The summed E-state index contributed by atoms with van der Waals surface area (Å²) in [5, 5.41) is 1.71. The molecular weight excluding hydrogens is 333 g/mol. The van der Waals surface area contributed by atoms with Gasteiger partial charge in [-0.1, -0.05) is 64.6 Å². The van der Waals surface area contributed by atoms with Gasteiger partial charge >= 0.3 is 0 Å². The predicted octanol–water partition coefficient (Wildman–Crippen LogP) is 6.71. The monoisotopic (exact) mass is 338 g/mol. The molecule has 0 fully saturated rings. The molecule has 0 atom stereocenters. The van der Waals surface area contributed by atoms with Gasteiger partial charge in [0, 0.05) is 22.0 Å². The zero-order chi connectivity index (χ0) is 13.3. The molecule has 0 heterocycles. The Labute approximate surface area is 130 Å². The van der Waals surface area contributed by atoms with E-state index in [2.05, 4.69) is 0 Å². The van der Waals surface area contributed by atoms with Gasteiger partial charge in [-0.05, 0) is 17.7 Å². The molecule has 0 aliphatic carbocycles. The van der Waals surface area contributed by atoms with Gasteiger partial charge in [0.15, 0.2) is 0 Å². The molecule has 0 aromatic heterocycles. The van der Waals surface area contributed by atoms with Crippen molar-refractivity contribution in [3.8, 4) is 11.1 Å². The van der Waals surface area contributed by atoms with Crippen molar-refractivity contribution in [3.63, 3.8) is 0 Å². The summed E-state index contributed by atoms with van der Waals surface area (Å²) in [6, 6.07) is 9.05. The average molecular weight is 340 g/mol. The molecule has 0 aliphatic rings. The molecule has 0 N–H and O–H groups in total. The van der Waals surface area contributed by atoms with Crippen molar-refractivity contribution in [2.45, 2.75) is 5.88 Å². The normalized spacial score (nSPS) is 10.7. The van der Waals surface area contributed by atoms with E-state index in [1.807, 2.05) is 18.2 Å². The lowest BCUT2D eigenvalue weighted by Crippen LogP contribution is -1.85. The maximum Gasteiger partial charge on any atom is 0.0784 e. The molecule has 0 bridgehead atoms. The van der Waals surface area contributed by atoms with E-state index in [9.17, 15) is 0 Å². The Morgan fingerprint density at radius 3 is 2.00 bits per heavy atom. The standard InChI is InChI=1S/C13H7Cl5/c14-6-7-1-2-8(11(16)5-7)9-3-4-10(15)13(18)12(9)17/h1-5H,6H2. The fourth-order valence-electron chi connectivity index (χ4n) is 1.59. The van der Waals surface area contributed by atoms with Crippen LogP contribution in [0, 0.1) is 0 Å². The maximum absolute atomic E-state index is 6.21. The van der Waals surface area contributed by atoms with Crippen LogP contribution in [0.3, 0.4) is 0 Å². The number of alkyl halides is 1. The highest BCUT2D eigenvalue weighted by atomic mass is 35.5. The van der Waals surface area contributed by atoms with E-state index in [0.29, 0.717) is 26.0 Å². The number of hydrogen-bond acceptors (Lipinski definition) is 0. The number of benzene rings is 2. The minimum absolute atomic E-state index is 0.327. The van der Waals surface area contributed by atoms with Gasteiger partial charge in [0.25, 0.3) is 0 Å². The molecular formula is C13H7Cl5. The molecule has 2 aromatic rings. The van der Waals surface area contributed by atoms with Crippen LogP contribution in [-0.2, 0) is 5.88 Å². The number of rotatable bonds is 2. The smallest absolute Gasteiger partial charge is 0.0784 e. The van der Waals surface area contributed by atoms with Gasteiger partial charge in [-0.15, -0.1) is 11.6 Å². The van der Waals surface area contributed by atoms with Crippen LogP contribution in [-0.4, -0.2) is 0 Å². The van der Waals surface area contributed by atoms with Crippen LogP contribution in [0.5, 0.6) is 0 Å². The Morgan fingerprint density at radius 2 is 1.39 bits per heavy atom. The van der Waals surface area contributed by atoms with Crippen LogP contribution < -0.4 is 0 Å². The van der Waals surface area contributed by atoms with E-state index in [1.54, 1.807) is 12.1 Å². The van der Waals surface area contributed by atoms with Crippen molar-refractivity contribution in [2.24, 2.45) is 0 Å². The number of halogens is 5. The largest absolute Gasteiger partial charge is 0.122 e. The maximum atomic E-state index is 6.21. The zero-order valence-electron chi connectivity index (χ0n) is 8.98. The molecule has 0 aliphatic heterocycles. The lowest BCUT2D eigenvalue weighted by atomic mass is 10.0. The first kappa shape index (κ1) is 14.3. The Morgan fingerprint density at radius 1 is 0.722 bits per heavy atom. The molecule has 18 heavy (non-hydrogen) atoms. The lowest BCUT2D eigenvalue weighted by molar-refractivity contribution is 1.40. The molecule has 0 nitrogen and oxygen atoms in total. The summed E-state index contributed by atoms with van der Waals surface area (Å²) >= 11 is 30.1. The summed E-state index contributed by atoms with van der Waals surface area (Å²) in [7, 11) is 0. The second-order valence-corrected chi connectivity index (χ2v) is 5.51. The first-order chi connectivity index (χ1) is 8.54. The third kappa shape index (κ3) is 2.74. The van der Waals surface area contributed by atoms with E-state index in [-0.39, 0.29) is 0 Å². The van der Waals surface area contributed by atoms with Crippen LogP contribution in [0.15, 0.2) is 30.3 Å². The molecule has 0 spiro atoms. The van der Waals surface area contributed by atoms with Crippen molar-refractivity contribution >= 4 is 58.0 Å². The lowest BCUT2D eigenvalue weighted by Gasteiger charge is -2.10. The van der Waals surface area contributed by atoms with Crippen molar-refractivity contribution in [2.75, 3.05) is 0 Å². The summed E-state index contributed by atoms with van der Waals surface area (Å²) < 4.78 is 0. The molecule has 0 amide bonds. The fourth-order valence-corrected chi connectivity index (χ4v) is 2.70. The highest BCUT2D eigenvalue weighted by Gasteiger charge is 2.13. The zero-order valence-corrected chi connectivity index (χ0v) is 12.8. The molecule has 0 unspecified atom stereocenters. The van der Waals surface area contributed by atoms with Gasteiger partial charge in [0.1, 0.15) is 0 Å². The van der Waals surface area contributed by atoms with Crippen LogP contribution in [0.2, 0.25) is 20.1 Å². The third-order valence-corrected chi connectivity index (χ3v) is 4.43. The summed E-state index contributed by atoms with van der Waals surface area (Å²) in [6.07, 6.45) is 0. The van der Waals surface area contributed by atoms with Crippen LogP contribution in [0.25, 0.3) is 11.1 Å². The minimum Gasteiger partial charge on any atom is -0.122 e. The van der Waals surface area contributed by atoms with Crippen LogP contribution in [0.4, 0.5) is 0 Å². The Balaban J connectivity index is 2.59. The second kappa shape index (κ2) is 5.90. The van der Waals surface area contributed by atoms with Gasteiger partial charge in [-0.25, -0.2) is 0 Å². The molecule has 5 heteroatoms. The average Bonchev–Trinajstić information content (AvgIpc) is 2.37. The highest BCUT2D eigenvalue weighted by Crippen LogP contribution is 2.40. The quantitative estimate of drug-likeness (QED) is 0.421. The SMILES string of the molecule is ClCc1ccc(-c2ccc(Cl)c(Cl)c2Cl)c(Cl)c1. The second-order valence-electron chi connectivity index (χ2n) is 3.67. The molecule has 0 saturated carbocycles. The van der Waals surface area contributed by atoms with Gasteiger partial charge in [-0.3, -0.25) is 0 Å². The Hall–Kier alpha value is -0.110. The predicted molar refractivity (Wildman–Crippen MR) is 81.5 cm³/mol. The van der Waals surface area contributed by atoms with Crippen molar-refractivity contribution in [1.29, 1.82) is 0 Å². The minimum atomic E-state index is 0.327. The molecule has 0 radical (unpaired) electrons. The van der Waals surface area contributed by atoms with Gasteiger partial charge in [-0.2, -0.15) is 0 Å². The molecule has 94 valence electrons. The van der Waals surface area contributed by atoms with Crippen molar-refractivity contribution in [1.82, 2.24) is 0 Å². The Kier molecular flexibility index (Phi) is 4.69. The van der Waals surface area contributed by atoms with Crippen LogP contribution in [0.1, 0.15) is 5.56 Å². The van der Waals surface area contributed by atoms with Crippen molar-refractivity contribution in [3.05, 3.63) is 56.0 Å². The molecule has 0 saturated heterocycles. The van der Waals surface area contributed by atoms with Gasteiger partial charge < -0.3 is 0 Å². The summed E-state index contributed by atoms with van der Waals surface area (Å²) in [5.74, 6) is 0.412. The van der Waals surface area contributed by atoms with Crippen molar-refractivity contribution < 1.29 is 0 Å². The van der Waals surface area contributed by atoms with E-state index in [4.69, 9.17) is 58.0 Å². The first-order valence-electron chi connectivity index (χ1n) is 5.03. The van der Waals surface area contributed by atoms with Gasteiger partial charge in [0.05, 0.1) is 15.1 Å². The van der Waals surface area contributed by atoms with E-state index >= 15 is 0 Å². The topological polar surface area (TPSA) is 0 Å². The summed E-state index contributed by atoms with van der Waals surface area (Å²) in [4.78, 5) is 0. The summed E-state index contributed by atoms with van der Waals surface area (Å²) in [5.41, 5.74) is 2.49.